The second kappa shape index (κ2) is 5.48. The monoisotopic (exact) mass is 284 g/mol. The number of nitrogen functional groups attached to an aromatic ring is 1. The largest absolute Gasteiger partial charge is 0.399 e. The zero-order chi connectivity index (χ0) is 14.0. The lowest BCUT2D eigenvalue weighted by molar-refractivity contribution is 0.170. The van der Waals surface area contributed by atoms with Crippen LogP contribution in [0.25, 0.3) is 0 Å². The molecular weight excluding hydrogens is 264 g/mol. The highest BCUT2D eigenvalue weighted by Crippen LogP contribution is 2.25. The number of rotatable bonds is 3. The standard InChI is InChI=1S/C13H20N2O3S/c1-10-6-12(14)8-13(7-10)19(17,18)15-4-2-11(9-16)3-5-15/h6-8,11,16H,2-5,9,14H2,1H3. The molecule has 1 aliphatic rings. The summed E-state index contributed by atoms with van der Waals surface area (Å²) in [5.74, 6) is 0.217. The first-order valence-corrected chi connectivity index (χ1v) is 7.85. The van der Waals surface area contributed by atoms with Gasteiger partial charge in [0.2, 0.25) is 10.0 Å². The van der Waals surface area contributed by atoms with Gasteiger partial charge in [0.15, 0.2) is 0 Å². The van der Waals surface area contributed by atoms with Gasteiger partial charge in [-0.25, -0.2) is 8.42 Å². The molecule has 2 rings (SSSR count). The second-order valence-electron chi connectivity index (χ2n) is 5.11. The van der Waals surface area contributed by atoms with E-state index in [0.717, 1.165) is 5.56 Å². The van der Waals surface area contributed by atoms with Crippen molar-refractivity contribution < 1.29 is 13.5 Å². The average molecular weight is 284 g/mol. The molecule has 1 heterocycles. The summed E-state index contributed by atoms with van der Waals surface area (Å²) >= 11 is 0. The quantitative estimate of drug-likeness (QED) is 0.810. The van der Waals surface area contributed by atoms with Gasteiger partial charge in [0.05, 0.1) is 4.90 Å². The van der Waals surface area contributed by atoms with Crippen molar-refractivity contribution in [2.24, 2.45) is 5.92 Å². The highest BCUT2D eigenvalue weighted by molar-refractivity contribution is 7.89. The molecule has 0 atom stereocenters. The fourth-order valence-electron chi connectivity index (χ4n) is 2.41. The number of piperidine rings is 1. The molecule has 1 aromatic carbocycles. The van der Waals surface area contributed by atoms with Crippen LogP contribution in [0.1, 0.15) is 18.4 Å². The van der Waals surface area contributed by atoms with Crippen LogP contribution in [0.3, 0.4) is 0 Å². The zero-order valence-electron chi connectivity index (χ0n) is 11.0. The lowest BCUT2D eigenvalue weighted by Crippen LogP contribution is -2.39. The zero-order valence-corrected chi connectivity index (χ0v) is 11.9. The lowest BCUT2D eigenvalue weighted by Gasteiger charge is -2.30. The minimum absolute atomic E-state index is 0.130. The van der Waals surface area contributed by atoms with Crippen molar-refractivity contribution in [2.45, 2.75) is 24.7 Å². The third-order valence-corrected chi connectivity index (χ3v) is 5.42. The van der Waals surface area contributed by atoms with E-state index in [1.165, 1.54) is 10.4 Å². The van der Waals surface area contributed by atoms with Gasteiger partial charge in [-0.15, -0.1) is 0 Å². The van der Waals surface area contributed by atoms with Gasteiger partial charge in [-0.1, -0.05) is 0 Å². The molecule has 0 unspecified atom stereocenters. The minimum atomic E-state index is -3.47. The number of sulfonamides is 1. The first-order valence-electron chi connectivity index (χ1n) is 6.41. The molecule has 1 aliphatic heterocycles. The van der Waals surface area contributed by atoms with Gasteiger partial charge in [-0.2, -0.15) is 4.31 Å². The Bertz CT molecular complexity index is 529. The van der Waals surface area contributed by atoms with E-state index < -0.39 is 10.0 Å². The van der Waals surface area contributed by atoms with Crippen molar-refractivity contribution in [1.29, 1.82) is 0 Å². The summed E-state index contributed by atoms with van der Waals surface area (Å²) in [6.07, 6.45) is 1.41. The summed E-state index contributed by atoms with van der Waals surface area (Å²) in [5, 5.41) is 9.09. The maximum atomic E-state index is 12.5. The van der Waals surface area contributed by atoms with Crippen LogP contribution in [0.4, 0.5) is 5.69 Å². The topological polar surface area (TPSA) is 83.6 Å². The molecule has 0 saturated carbocycles. The highest BCUT2D eigenvalue weighted by Gasteiger charge is 2.29. The van der Waals surface area contributed by atoms with Crippen LogP contribution in [0.5, 0.6) is 0 Å². The van der Waals surface area contributed by atoms with Gasteiger partial charge < -0.3 is 10.8 Å². The van der Waals surface area contributed by atoms with Crippen molar-refractivity contribution in [3.05, 3.63) is 23.8 Å². The predicted molar refractivity (Wildman–Crippen MR) is 74.2 cm³/mol. The molecular formula is C13H20N2O3S. The number of aryl methyl sites for hydroxylation is 1. The molecule has 0 radical (unpaired) electrons. The summed E-state index contributed by atoms with van der Waals surface area (Å²) in [5.41, 5.74) is 7.01. The number of aliphatic hydroxyl groups excluding tert-OH is 1. The van der Waals surface area contributed by atoms with Gasteiger partial charge in [0.25, 0.3) is 0 Å². The van der Waals surface area contributed by atoms with Crippen LogP contribution in [-0.2, 0) is 10.0 Å². The summed E-state index contributed by atoms with van der Waals surface area (Å²) in [6, 6.07) is 4.89. The number of aliphatic hydroxyl groups is 1. The maximum absolute atomic E-state index is 12.5. The van der Waals surface area contributed by atoms with E-state index in [-0.39, 0.29) is 17.4 Å². The third-order valence-electron chi connectivity index (χ3n) is 3.54. The Morgan fingerprint density at radius 2 is 1.95 bits per heavy atom. The normalized spacial score (nSPS) is 18.6. The van der Waals surface area contributed by atoms with Crippen molar-refractivity contribution in [3.8, 4) is 0 Å². The molecule has 5 nitrogen and oxygen atoms in total. The average Bonchev–Trinajstić information content (AvgIpc) is 2.37. The van der Waals surface area contributed by atoms with E-state index in [1.807, 2.05) is 6.92 Å². The molecule has 6 heteroatoms. The Hall–Kier alpha value is -1.11. The summed E-state index contributed by atoms with van der Waals surface area (Å²) in [4.78, 5) is 0.257. The number of nitrogens with zero attached hydrogens (tertiary/aromatic N) is 1. The summed E-state index contributed by atoms with van der Waals surface area (Å²) in [7, 11) is -3.47. The summed E-state index contributed by atoms with van der Waals surface area (Å²) in [6.45, 7) is 2.88. The summed E-state index contributed by atoms with van der Waals surface area (Å²) < 4.78 is 26.5. The number of hydrogen-bond acceptors (Lipinski definition) is 4. The van der Waals surface area contributed by atoms with E-state index in [0.29, 0.717) is 31.6 Å². The van der Waals surface area contributed by atoms with Gasteiger partial charge in [-0.3, -0.25) is 0 Å². The first kappa shape index (κ1) is 14.3. The Kier molecular flexibility index (Phi) is 4.13. The molecule has 19 heavy (non-hydrogen) atoms. The van der Waals surface area contributed by atoms with Gasteiger partial charge >= 0.3 is 0 Å². The molecule has 3 N–H and O–H groups in total. The maximum Gasteiger partial charge on any atom is 0.243 e. The van der Waals surface area contributed by atoms with E-state index in [4.69, 9.17) is 10.8 Å². The predicted octanol–water partition coefficient (Wildman–Crippen LogP) is 0.970. The first-order chi connectivity index (χ1) is 8.93. The Morgan fingerprint density at radius 1 is 1.32 bits per heavy atom. The molecule has 0 bridgehead atoms. The van der Waals surface area contributed by atoms with Crippen molar-refractivity contribution in [3.63, 3.8) is 0 Å². The van der Waals surface area contributed by atoms with Gasteiger partial charge in [0.1, 0.15) is 0 Å². The van der Waals surface area contributed by atoms with E-state index in [9.17, 15) is 8.42 Å². The Labute approximate surface area is 114 Å². The molecule has 0 aromatic heterocycles. The lowest BCUT2D eigenvalue weighted by atomic mass is 10.00. The van der Waals surface area contributed by atoms with Crippen molar-refractivity contribution in [2.75, 3.05) is 25.4 Å². The van der Waals surface area contributed by atoms with Crippen LogP contribution >= 0.6 is 0 Å². The van der Waals surface area contributed by atoms with Crippen molar-refractivity contribution in [1.82, 2.24) is 4.31 Å². The molecule has 106 valence electrons. The van der Waals surface area contributed by atoms with Crippen LogP contribution in [0.15, 0.2) is 23.1 Å². The molecule has 0 spiro atoms. The molecule has 1 saturated heterocycles. The second-order valence-corrected chi connectivity index (χ2v) is 7.05. The molecule has 1 fully saturated rings. The number of anilines is 1. The molecule has 0 amide bonds. The Morgan fingerprint density at radius 3 is 2.47 bits per heavy atom. The number of nitrogens with two attached hydrogens (primary N) is 1. The highest BCUT2D eigenvalue weighted by atomic mass is 32.2. The van der Waals surface area contributed by atoms with Crippen LogP contribution in [0.2, 0.25) is 0 Å². The van der Waals surface area contributed by atoms with Gasteiger partial charge in [-0.05, 0) is 49.4 Å². The van der Waals surface area contributed by atoms with Crippen LogP contribution in [0, 0.1) is 12.8 Å². The Balaban J connectivity index is 2.23. The van der Waals surface area contributed by atoms with Crippen LogP contribution in [-0.4, -0.2) is 37.5 Å². The molecule has 1 aromatic rings. The smallest absolute Gasteiger partial charge is 0.243 e. The third kappa shape index (κ3) is 3.08. The SMILES string of the molecule is Cc1cc(N)cc(S(=O)(=O)N2CCC(CO)CC2)c1. The fourth-order valence-corrected chi connectivity index (χ4v) is 4.02. The van der Waals surface area contributed by atoms with E-state index in [2.05, 4.69) is 0 Å². The molecule has 0 aliphatic carbocycles. The van der Waals surface area contributed by atoms with E-state index in [1.54, 1.807) is 12.1 Å². The van der Waals surface area contributed by atoms with Crippen LogP contribution < -0.4 is 5.73 Å². The van der Waals surface area contributed by atoms with Crippen molar-refractivity contribution >= 4 is 15.7 Å². The number of benzene rings is 1. The minimum Gasteiger partial charge on any atom is -0.399 e. The number of hydrogen-bond donors (Lipinski definition) is 2. The fraction of sp³-hybridized carbons (Fsp3) is 0.538. The van der Waals surface area contributed by atoms with Gasteiger partial charge in [0, 0.05) is 25.4 Å². The van der Waals surface area contributed by atoms with E-state index >= 15 is 0 Å².